The van der Waals surface area contributed by atoms with Crippen molar-refractivity contribution in [1.82, 2.24) is 0 Å². The average molecular weight is 272 g/mol. The summed E-state index contributed by atoms with van der Waals surface area (Å²) in [5.74, 6) is 0.0656. The number of quaternary nitrogens is 1. The van der Waals surface area contributed by atoms with Crippen molar-refractivity contribution in [3.8, 4) is 5.75 Å². The smallest absolute Gasteiger partial charge is 0.165 e. The van der Waals surface area contributed by atoms with Crippen molar-refractivity contribution in [2.24, 2.45) is 0 Å². The molecule has 2 aromatic carbocycles. The molecule has 1 unspecified atom stereocenters. The van der Waals surface area contributed by atoms with Gasteiger partial charge >= 0.3 is 0 Å². The van der Waals surface area contributed by atoms with E-state index in [4.69, 9.17) is 4.74 Å². The standard InChI is InChI=1S/C17H18FNO/c18-16-7-3-4-8-17(16)20-12-11-19-10-9-14-5-1-2-6-15(14)13-19/h1-8H,9-13H2/p+1. The number of benzene rings is 2. The van der Waals surface area contributed by atoms with Crippen LogP contribution in [0.1, 0.15) is 11.1 Å². The van der Waals surface area contributed by atoms with Crippen LogP contribution in [-0.2, 0) is 13.0 Å². The van der Waals surface area contributed by atoms with E-state index >= 15 is 0 Å². The third kappa shape index (κ3) is 2.99. The maximum Gasteiger partial charge on any atom is 0.165 e. The number of para-hydroxylation sites is 1. The minimum absolute atomic E-state index is 0.286. The molecule has 0 radical (unpaired) electrons. The van der Waals surface area contributed by atoms with Crippen LogP contribution < -0.4 is 9.64 Å². The molecular weight excluding hydrogens is 253 g/mol. The molecule has 1 aliphatic heterocycles. The van der Waals surface area contributed by atoms with Crippen molar-refractivity contribution < 1.29 is 14.0 Å². The van der Waals surface area contributed by atoms with E-state index in [0.29, 0.717) is 12.4 Å². The normalized spacial score (nSPS) is 17.6. The predicted octanol–water partition coefficient (Wildman–Crippen LogP) is 1.85. The Balaban J connectivity index is 1.52. The molecular formula is C17H19FNO+. The summed E-state index contributed by atoms with van der Waals surface area (Å²) in [6.07, 6.45) is 1.12. The molecule has 0 spiro atoms. The molecule has 1 N–H and O–H groups in total. The van der Waals surface area contributed by atoms with Crippen molar-refractivity contribution in [3.05, 3.63) is 65.5 Å². The number of halogens is 1. The van der Waals surface area contributed by atoms with Gasteiger partial charge in [-0.15, -0.1) is 0 Å². The maximum absolute atomic E-state index is 13.4. The Morgan fingerprint density at radius 1 is 1.00 bits per heavy atom. The number of hydrogen-bond donors (Lipinski definition) is 1. The van der Waals surface area contributed by atoms with Gasteiger partial charge in [-0.1, -0.05) is 36.4 Å². The fourth-order valence-corrected chi connectivity index (χ4v) is 2.72. The summed E-state index contributed by atoms with van der Waals surface area (Å²) in [5, 5.41) is 0. The van der Waals surface area contributed by atoms with E-state index in [2.05, 4.69) is 24.3 Å². The molecule has 0 bridgehead atoms. The van der Waals surface area contributed by atoms with Crippen LogP contribution in [0.15, 0.2) is 48.5 Å². The topological polar surface area (TPSA) is 13.7 Å². The van der Waals surface area contributed by atoms with Crippen molar-refractivity contribution in [1.29, 1.82) is 0 Å². The van der Waals surface area contributed by atoms with Crippen molar-refractivity contribution in [2.75, 3.05) is 19.7 Å². The largest absolute Gasteiger partial charge is 0.485 e. The van der Waals surface area contributed by atoms with Gasteiger partial charge in [-0.3, -0.25) is 0 Å². The highest BCUT2D eigenvalue weighted by molar-refractivity contribution is 5.27. The van der Waals surface area contributed by atoms with Crippen LogP contribution in [0.5, 0.6) is 5.75 Å². The number of ether oxygens (including phenoxy) is 1. The zero-order valence-electron chi connectivity index (χ0n) is 11.4. The highest BCUT2D eigenvalue weighted by atomic mass is 19.1. The minimum Gasteiger partial charge on any atom is -0.485 e. The van der Waals surface area contributed by atoms with Gasteiger partial charge in [-0.2, -0.15) is 0 Å². The summed E-state index contributed by atoms with van der Waals surface area (Å²) in [7, 11) is 0. The number of rotatable bonds is 4. The molecule has 3 rings (SSSR count). The first-order chi connectivity index (χ1) is 9.83. The summed E-state index contributed by atoms with van der Waals surface area (Å²) in [6.45, 7) is 3.62. The maximum atomic E-state index is 13.4. The van der Waals surface area contributed by atoms with Crippen molar-refractivity contribution >= 4 is 0 Å². The van der Waals surface area contributed by atoms with E-state index in [1.165, 1.54) is 22.1 Å². The molecule has 104 valence electrons. The van der Waals surface area contributed by atoms with Crippen LogP contribution in [0.2, 0.25) is 0 Å². The van der Waals surface area contributed by atoms with E-state index in [-0.39, 0.29) is 5.82 Å². The van der Waals surface area contributed by atoms with Crippen LogP contribution in [0.4, 0.5) is 4.39 Å². The summed E-state index contributed by atoms with van der Waals surface area (Å²) in [6, 6.07) is 15.2. The van der Waals surface area contributed by atoms with E-state index in [9.17, 15) is 4.39 Å². The number of fused-ring (bicyclic) bond motifs is 1. The van der Waals surface area contributed by atoms with Crippen LogP contribution in [0, 0.1) is 5.82 Å². The van der Waals surface area contributed by atoms with Crippen LogP contribution in [-0.4, -0.2) is 19.7 Å². The average Bonchev–Trinajstić information content (AvgIpc) is 2.49. The number of hydrogen-bond acceptors (Lipinski definition) is 1. The molecule has 0 saturated heterocycles. The van der Waals surface area contributed by atoms with Gasteiger partial charge in [-0.05, 0) is 17.7 Å². The Labute approximate surface area is 118 Å². The molecule has 3 heteroatoms. The lowest BCUT2D eigenvalue weighted by Crippen LogP contribution is -3.12. The first kappa shape index (κ1) is 13.1. The van der Waals surface area contributed by atoms with Gasteiger partial charge in [0.05, 0.1) is 6.54 Å². The van der Waals surface area contributed by atoms with Crippen LogP contribution in [0.25, 0.3) is 0 Å². The molecule has 0 aliphatic carbocycles. The Hall–Kier alpha value is -1.87. The first-order valence-electron chi connectivity index (χ1n) is 7.10. The SMILES string of the molecule is Fc1ccccc1OCC[NH+]1CCc2ccccc2C1. The summed E-state index contributed by atoms with van der Waals surface area (Å²) in [5.41, 5.74) is 2.89. The Bertz CT molecular complexity index is 585. The Morgan fingerprint density at radius 3 is 2.60 bits per heavy atom. The van der Waals surface area contributed by atoms with Gasteiger partial charge in [0.15, 0.2) is 11.6 Å². The molecule has 0 aromatic heterocycles. The van der Waals surface area contributed by atoms with Gasteiger partial charge in [-0.25, -0.2) is 4.39 Å². The number of nitrogens with one attached hydrogen (secondary N) is 1. The lowest BCUT2D eigenvalue weighted by molar-refractivity contribution is -0.915. The molecule has 0 amide bonds. The van der Waals surface area contributed by atoms with E-state index in [0.717, 1.165) is 26.1 Å². The molecule has 20 heavy (non-hydrogen) atoms. The van der Waals surface area contributed by atoms with E-state index < -0.39 is 0 Å². The quantitative estimate of drug-likeness (QED) is 0.897. The molecule has 2 aromatic rings. The van der Waals surface area contributed by atoms with Crippen molar-refractivity contribution in [2.45, 2.75) is 13.0 Å². The van der Waals surface area contributed by atoms with E-state index in [1.54, 1.807) is 18.2 Å². The summed E-state index contributed by atoms with van der Waals surface area (Å²) < 4.78 is 19.0. The summed E-state index contributed by atoms with van der Waals surface area (Å²) >= 11 is 0. The Morgan fingerprint density at radius 2 is 1.75 bits per heavy atom. The van der Waals surface area contributed by atoms with E-state index in [1.807, 2.05) is 0 Å². The first-order valence-corrected chi connectivity index (χ1v) is 7.10. The summed E-state index contributed by atoms with van der Waals surface area (Å²) in [4.78, 5) is 1.50. The molecule has 0 fully saturated rings. The van der Waals surface area contributed by atoms with Gasteiger partial charge in [0.2, 0.25) is 0 Å². The molecule has 1 atom stereocenters. The highest BCUT2D eigenvalue weighted by Gasteiger charge is 2.18. The zero-order chi connectivity index (χ0) is 13.8. The monoisotopic (exact) mass is 272 g/mol. The zero-order valence-corrected chi connectivity index (χ0v) is 11.4. The predicted molar refractivity (Wildman–Crippen MR) is 76.4 cm³/mol. The third-order valence-electron chi connectivity index (χ3n) is 3.86. The second-order valence-corrected chi connectivity index (χ2v) is 5.22. The molecule has 1 heterocycles. The fraction of sp³-hybridized carbons (Fsp3) is 0.294. The lowest BCUT2D eigenvalue weighted by atomic mass is 10.0. The second kappa shape index (κ2) is 6.06. The van der Waals surface area contributed by atoms with Crippen molar-refractivity contribution in [3.63, 3.8) is 0 Å². The van der Waals surface area contributed by atoms with Gasteiger partial charge in [0.25, 0.3) is 0 Å². The second-order valence-electron chi connectivity index (χ2n) is 5.22. The van der Waals surface area contributed by atoms with Gasteiger partial charge in [0.1, 0.15) is 19.7 Å². The lowest BCUT2D eigenvalue weighted by Gasteiger charge is -2.25. The molecule has 2 nitrogen and oxygen atoms in total. The van der Waals surface area contributed by atoms with Crippen LogP contribution in [0.3, 0.4) is 0 Å². The highest BCUT2D eigenvalue weighted by Crippen LogP contribution is 2.15. The van der Waals surface area contributed by atoms with Crippen LogP contribution >= 0.6 is 0 Å². The van der Waals surface area contributed by atoms with Gasteiger partial charge < -0.3 is 9.64 Å². The fourth-order valence-electron chi connectivity index (χ4n) is 2.72. The third-order valence-corrected chi connectivity index (χ3v) is 3.86. The van der Waals surface area contributed by atoms with Gasteiger partial charge in [0, 0.05) is 12.0 Å². The minimum atomic E-state index is -0.286. The molecule has 1 aliphatic rings. The molecule has 0 saturated carbocycles. The Kier molecular flexibility index (Phi) is 3.97.